The van der Waals surface area contributed by atoms with Crippen LogP contribution in [0.25, 0.3) is 6.08 Å². The Bertz CT molecular complexity index is 497. The van der Waals surface area contributed by atoms with Crippen molar-refractivity contribution in [1.82, 2.24) is 9.97 Å². The van der Waals surface area contributed by atoms with Crippen LogP contribution < -0.4 is 10.5 Å². The minimum absolute atomic E-state index is 0.356. The van der Waals surface area contributed by atoms with Gasteiger partial charge < -0.3 is 10.5 Å². The molecule has 2 rings (SSSR count). The van der Waals surface area contributed by atoms with Crippen molar-refractivity contribution in [3.8, 4) is 5.88 Å². The Labute approximate surface area is 99.8 Å². The van der Waals surface area contributed by atoms with Crippen molar-refractivity contribution < 1.29 is 4.74 Å². The largest absolute Gasteiger partial charge is 0.472 e. The van der Waals surface area contributed by atoms with Crippen LogP contribution in [0.3, 0.4) is 0 Å². The first-order valence-electron chi connectivity index (χ1n) is 5.26. The number of hydrogen-bond acceptors (Lipinski definition) is 4. The van der Waals surface area contributed by atoms with E-state index in [2.05, 4.69) is 9.97 Å². The SMILES string of the molecule is Nc1cncc(OC/C=C/c2ccccc2)n1. The predicted molar refractivity (Wildman–Crippen MR) is 67.4 cm³/mol. The highest BCUT2D eigenvalue weighted by Crippen LogP contribution is 2.06. The lowest BCUT2D eigenvalue weighted by atomic mass is 10.2. The van der Waals surface area contributed by atoms with Crippen LogP contribution >= 0.6 is 0 Å². The average Bonchev–Trinajstić information content (AvgIpc) is 2.36. The minimum atomic E-state index is 0.356. The molecule has 0 aliphatic rings. The number of hydrogen-bond donors (Lipinski definition) is 1. The monoisotopic (exact) mass is 227 g/mol. The van der Waals surface area contributed by atoms with Crippen molar-refractivity contribution in [3.05, 3.63) is 54.4 Å². The zero-order valence-corrected chi connectivity index (χ0v) is 9.28. The number of rotatable bonds is 4. The standard InChI is InChI=1S/C13H13N3O/c14-12-9-15-10-13(16-12)17-8-4-7-11-5-2-1-3-6-11/h1-7,9-10H,8H2,(H2,14,16)/b7-4+. The number of nitrogens with zero attached hydrogens (tertiary/aromatic N) is 2. The number of ether oxygens (including phenoxy) is 1. The molecule has 2 aromatic rings. The highest BCUT2D eigenvalue weighted by molar-refractivity contribution is 5.48. The van der Waals surface area contributed by atoms with Crippen molar-refractivity contribution in [1.29, 1.82) is 0 Å². The summed E-state index contributed by atoms with van der Waals surface area (Å²) in [5.41, 5.74) is 6.62. The molecule has 4 nitrogen and oxygen atoms in total. The van der Waals surface area contributed by atoms with Gasteiger partial charge in [-0.25, -0.2) is 0 Å². The first-order chi connectivity index (χ1) is 8.34. The van der Waals surface area contributed by atoms with E-state index in [-0.39, 0.29) is 0 Å². The van der Waals surface area contributed by atoms with Crippen molar-refractivity contribution in [2.45, 2.75) is 0 Å². The molecular formula is C13H13N3O. The first kappa shape index (κ1) is 11.1. The summed E-state index contributed by atoms with van der Waals surface area (Å²) < 4.78 is 5.37. The molecule has 2 N–H and O–H groups in total. The number of anilines is 1. The summed E-state index contributed by atoms with van der Waals surface area (Å²) in [4.78, 5) is 7.86. The van der Waals surface area contributed by atoms with Gasteiger partial charge in [0.05, 0.1) is 12.4 Å². The number of nitrogens with two attached hydrogens (primary N) is 1. The number of benzene rings is 1. The Balaban J connectivity index is 1.86. The van der Waals surface area contributed by atoms with Gasteiger partial charge in [0.1, 0.15) is 12.4 Å². The van der Waals surface area contributed by atoms with Crippen LogP contribution in [0.2, 0.25) is 0 Å². The Morgan fingerprint density at radius 1 is 1.18 bits per heavy atom. The maximum Gasteiger partial charge on any atom is 0.234 e. The van der Waals surface area contributed by atoms with E-state index in [9.17, 15) is 0 Å². The van der Waals surface area contributed by atoms with Gasteiger partial charge in [0, 0.05) is 0 Å². The molecule has 0 bridgehead atoms. The second-order valence-corrected chi connectivity index (χ2v) is 3.41. The van der Waals surface area contributed by atoms with Crippen molar-refractivity contribution in [2.75, 3.05) is 12.3 Å². The topological polar surface area (TPSA) is 61.0 Å². The van der Waals surface area contributed by atoms with Gasteiger partial charge in [-0.1, -0.05) is 36.4 Å². The first-order valence-corrected chi connectivity index (χ1v) is 5.26. The van der Waals surface area contributed by atoms with Gasteiger partial charge in [-0.15, -0.1) is 0 Å². The quantitative estimate of drug-likeness (QED) is 0.869. The smallest absolute Gasteiger partial charge is 0.234 e. The molecule has 4 heteroatoms. The van der Waals surface area contributed by atoms with Crippen LogP contribution in [0, 0.1) is 0 Å². The van der Waals surface area contributed by atoms with E-state index in [4.69, 9.17) is 10.5 Å². The molecule has 0 aliphatic heterocycles. The highest BCUT2D eigenvalue weighted by atomic mass is 16.5. The van der Waals surface area contributed by atoms with Crippen LogP contribution in [0.5, 0.6) is 5.88 Å². The van der Waals surface area contributed by atoms with Gasteiger partial charge in [0.2, 0.25) is 5.88 Å². The Morgan fingerprint density at radius 2 is 2.00 bits per heavy atom. The molecule has 1 aromatic carbocycles. The Morgan fingerprint density at radius 3 is 2.76 bits per heavy atom. The van der Waals surface area contributed by atoms with Crippen molar-refractivity contribution in [3.63, 3.8) is 0 Å². The van der Waals surface area contributed by atoms with Crippen LogP contribution in [0.4, 0.5) is 5.82 Å². The molecule has 0 radical (unpaired) electrons. The summed E-state index contributed by atoms with van der Waals surface area (Å²) >= 11 is 0. The maximum absolute atomic E-state index is 5.48. The Kier molecular flexibility index (Phi) is 3.70. The lowest BCUT2D eigenvalue weighted by molar-refractivity contribution is 0.348. The van der Waals surface area contributed by atoms with Gasteiger partial charge in [-0.3, -0.25) is 4.98 Å². The zero-order chi connectivity index (χ0) is 11.9. The van der Waals surface area contributed by atoms with E-state index in [0.717, 1.165) is 5.56 Å². The second-order valence-electron chi connectivity index (χ2n) is 3.41. The highest BCUT2D eigenvalue weighted by Gasteiger charge is 1.94. The van der Waals surface area contributed by atoms with E-state index < -0.39 is 0 Å². The van der Waals surface area contributed by atoms with Crippen molar-refractivity contribution in [2.24, 2.45) is 0 Å². The summed E-state index contributed by atoms with van der Waals surface area (Å²) in [5, 5.41) is 0. The lowest BCUT2D eigenvalue weighted by Crippen LogP contribution is -1.99. The molecular weight excluding hydrogens is 214 g/mol. The minimum Gasteiger partial charge on any atom is -0.472 e. The van der Waals surface area contributed by atoms with Crippen LogP contribution in [0.1, 0.15) is 5.56 Å². The van der Waals surface area contributed by atoms with Gasteiger partial charge in [-0.05, 0) is 11.6 Å². The predicted octanol–water partition coefficient (Wildman–Crippen LogP) is 2.15. The molecule has 0 unspecified atom stereocenters. The summed E-state index contributed by atoms with van der Waals surface area (Å²) in [6.07, 6.45) is 6.92. The molecule has 0 amide bonds. The molecule has 17 heavy (non-hydrogen) atoms. The van der Waals surface area contributed by atoms with E-state index in [0.29, 0.717) is 18.3 Å². The second kappa shape index (κ2) is 5.65. The summed E-state index contributed by atoms with van der Waals surface area (Å²) in [6.45, 7) is 0.438. The molecule has 0 saturated heterocycles. The van der Waals surface area contributed by atoms with E-state index >= 15 is 0 Å². The average molecular weight is 227 g/mol. The Hall–Kier alpha value is -2.36. The van der Waals surface area contributed by atoms with E-state index in [1.54, 1.807) is 0 Å². The van der Waals surface area contributed by atoms with E-state index in [1.165, 1.54) is 12.4 Å². The van der Waals surface area contributed by atoms with Gasteiger partial charge in [0.15, 0.2) is 0 Å². The number of aromatic nitrogens is 2. The summed E-state index contributed by atoms with van der Waals surface area (Å²) in [5.74, 6) is 0.789. The number of nitrogen functional groups attached to an aromatic ring is 1. The van der Waals surface area contributed by atoms with Crippen LogP contribution in [0.15, 0.2) is 48.8 Å². The third-order valence-electron chi connectivity index (χ3n) is 2.07. The summed E-state index contributed by atoms with van der Waals surface area (Å²) in [6, 6.07) is 10.0. The molecule has 86 valence electrons. The normalized spacial score (nSPS) is 10.6. The fraction of sp³-hybridized carbons (Fsp3) is 0.0769. The van der Waals surface area contributed by atoms with Gasteiger partial charge >= 0.3 is 0 Å². The molecule has 1 heterocycles. The maximum atomic E-state index is 5.48. The molecule has 0 fully saturated rings. The van der Waals surface area contributed by atoms with Crippen molar-refractivity contribution >= 4 is 11.9 Å². The molecule has 1 aromatic heterocycles. The third-order valence-corrected chi connectivity index (χ3v) is 2.07. The fourth-order valence-electron chi connectivity index (χ4n) is 1.31. The van der Waals surface area contributed by atoms with Gasteiger partial charge in [-0.2, -0.15) is 4.98 Å². The lowest BCUT2D eigenvalue weighted by Gasteiger charge is -2.01. The molecule has 0 spiro atoms. The molecule has 0 aliphatic carbocycles. The van der Waals surface area contributed by atoms with Crippen LogP contribution in [-0.2, 0) is 0 Å². The van der Waals surface area contributed by atoms with Gasteiger partial charge in [0.25, 0.3) is 0 Å². The van der Waals surface area contributed by atoms with E-state index in [1.807, 2.05) is 42.5 Å². The zero-order valence-electron chi connectivity index (χ0n) is 9.28. The van der Waals surface area contributed by atoms with Crippen LogP contribution in [-0.4, -0.2) is 16.6 Å². The fourth-order valence-corrected chi connectivity index (χ4v) is 1.31. The third kappa shape index (κ3) is 3.61. The molecule has 0 atom stereocenters. The summed E-state index contributed by atoms with van der Waals surface area (Å²) in [7, 11) is 0. The molecule has 0 saturated carbocycles.